The molecule has 0 aliphatic rings. The molecule has 0 amide bonds. The van der Waals surface area contributed by atoms with E-state index in [1.165, 1.54) is 0 Å². The SMILES string of the molecule is CC(C)CC(=O)c1ccc(CO[Si](C)(C)C(C)(C)C)nc1. The van der Waals surface area contributed by atoms with Crippen LogP contribution in [0.4, 0.5) is 0 Å². The van der Waals surface area contributed by atoms with Crippen LogP contribution in [0.5, 0.6) is 0 Å². The van der Waals surface area contributed by atoms with Crippen LogP contribution in [0.25, 0.3) is 0 Å². The topological polar surface area (TPSA) is 39.2 Å². The predicted octanol–water partition coefficient (Wildman–Crippen LogP) is 4.83. The minimum atomic E-state index is -1.75. The first-order valence-corrected chi connectivity index (χ1v) is 10.6. The van der Waals surface area contributed by atoms with E-state index in [2.05, 4.69) is 38.8 Å². The van der Waals surface area contributed by atoms with Crippen molar-refractivity contribution in [3.63, 3.8) is 0 Å². The van der Waals surface area contributed by atoms with Crippen LogP contribution in [0.15, 0.2) is 18.3 Å². The fourth-order valence-electron chi connectivity index (χ4n) is 1.63. The standard InChI is InChI=1S/C17H29NO2Si/c1-13(2)10-16(19)14-8-9-15(18-11-14)12-20-21(6,7)17(3,4)5/h8-9,11,13H,10,12H2,1-7H3. The van der Waals surface area contributed by atoms with Gasteiger partial charge in [0.1, 0.15) is 0 Å². The molecule has 3 nitrogen and oxygen atoms in total. The Kier molecular flexibility index (Phi) is 5.88. The van der Waals surface area contributed by atoms with Gasteiger partial charge >= 0.3 is 0 Å². The molecule has 0 saturated heterocycles. The second-order valence-corrected chi connectivity index (χ2v) is 12.4. The molecule has 1 aromatic rings. The Morgan fingerprint density at radius 1 is 1.29 bits per heavy atom. The van der Waals surface area contributed by atoms with Gasteiger partial charge in [0.15, 0.2) is 14.1 Å². The molecule has 0 N–H and O–H groups in total. The van der Waals surface area contributed by atoms with Crippen LogP contribution in [0, 0.1) is 5.92 Å². The summed E-state index contributed by atoms with van der Waals surface area (Å²) < 4.78 is 6.14. The second-order valence-electron chi connectivity index (χ2n) is 7.61. The molecule has 0 fully saturated rings. The number of pyridine rings is 1. The molecule has 0 bridgehead atoms. The van der Waals surface area contributed by atoms with E-state index in [0.717, 1.165) is 5.69 Å². The van der Waals surface area contributed by atoms with Gasteiger partial charge in [-0.15, -0.1) is 0 Å². The van der Waals surface area contributed by atoms with Crippen LogP contribution in [0.3, 0.4) is 0 Å². The molecule has 4 heteroatoms. The Bertz CT molecular complexity index is 473. The zero-order valence-electron chi connectivity index (χ0n) is 14.5. The van der Waals surface area contributed by atoms with Gasteiger partial charge in [0.25, 0.3) is 0 Å². The van der Waals surface area contributed by atoms with Gasteiger partial charge in [-0.05, 0) is 36.2 Å². The van der Waals surface area contributed by atoms with Crippen molar-refractivity contribution in [1.82, 2.24) is 4.98 Å². The summed E-state index contributed by atoms with van der Waals surface area (Å²) in [6.45, 7) is 15.7. The van der Waals surface area contributed by atoms with E-state index in [0.29, 0.717) is 24.5 Å². The summed E-state index contributed by atoms with van der Waals surface area (Å²) in [4.78, 5) is 16.3. The summed E-state index contributed by atoms with van der Waals surface area (Å²) in [5.41, 5.74) is 1.58. The van der Waals surface area contributed by atoms with E-state index < -0.39 is 8.32 Å². The molecule has 1 rings (SSSR count). The number of carbonyl (C=O) groups excluding carboxylic acids is 1. The van der Waals surface area contributed by atoms with E-state index in [1.807, 2.05) is 26.0 Å². The van der Waals surface area contributed by atoms with Gasteiger partial charge < -0.3 is 4.43 Å². The molecular formula is C17H29NO2Si. The fourth-order valence-corrected chi connectivity index (χ4v) is 2.58. The summed E-state index contributed by atoms with van der Waals surface area (Å²) >= 11 is 0. The van der Waals surface area contributed by atoms with Crippen LogP contribution in [0.2, 0.25) is 18.1 Å². The summed E-state index contributed by atoms with van der Waals surface area (Å²) in [6.07, 6.45) is 2.25. The number of aromatic nitrogens is 1. The fraction of sp³-hybridized carbons (Fsp3) is 0.647. The lowest BCUT2D eigenvalue weighted by molar-refractivity contribution is 0.0967. The summed E-state index contributed by atoms with van der Waals surface area (Å²) in [5, 5.41) is 0.195. The van der Waals surface area contributed by atoms with Crippen molar-refractivity contribution >= 4 is 14.1 Å². The van der Waals surface area contributed by atoms with Gasteiger partial charge in [-0.3, -0.25) is 9.78 Å². The molecule has 0 saturated carbocycles. The van der Waals surface area contributed by atoms with Crippen molar-refractivity contribution in [3.05, 3.63) is 29.6 Å². The average Bonchev–Trinajstić information content (AvgIpc) is 2.35. The van der Waals surface area contributed by atoms with Gasteiger partial charge in [0.2, 0.25) is 0 Å². The number of Topliss-reactive ketones (excluding diaryl/α,β-unsaturated/α-hetero) is 1. The molecule has 1 heterocycles. The van der Waals surface area contributed by atoms with Gasteiger partial charge in [-0.25, -0.2) is 0 Å². The van der Waals surface area contributed by atoms with Crippen molar-refractivity contribution in [1.29, 1.82) is 0 Å². The van der Waals surface area contributed by atoms with E-state index in [-0.39, 0.29) is 10.8 Å². The van der Waals surface area contributed by atoms with Gasteiger partial charge in [0, 0.05) is 18.2 Å². The minimum absolute atomic E-state index is 0.161. The maximum absolute atomic E-state index is 12.0. The zero-order chi connectivity index (χ0) is 16.3. The van der Waals surface area contributed by atoms with Crippen LogP contribution in [0.1, 0.15) is 57.1 Å². The third-order valence-corrected chi connectivity index (χ3v) is 8.61. The first kappa shape index (κ1) is 18.0. The average molecular weight is 308 g/mol. The van der Waals surface area contributed by atoms with E-state index in [9.17, 15) is 4.79 Å². The molecule has 0 aliphatic heterocycles. The highest BCUT2D eigenvalue weighted by Crippen LogP contribution is 2.36. The number of carbonyl (C=O) groups is 1. The number of ketones is 1. The smallest absolute Gasteiger partial charge is 0.192 e. The van der Waals surface area contributed by atoms with Crippen LogP contribution in [-0.4, -0.2) is 19.1 Å². The van der Waals surface area contributed by atoms with E-state index in [1.54, 1.807) is 6.20 Å². The van der Waals surface area contributed by atoms with Crippen LogP contribution in [-0.2, 0) is 11.0 Å². The monoisotopic (exact) mass is 307 g/mol. The summed E-state index contributed by atoms with van der Waals surface area (Å²) in [6, 6.07) is 3.77. The second kappa shape index (κ2) is 6.84. The Morgan fingerprint density at radius 2 is 1.90 bits per heavy atom. The number of rotatable bonds is 6. The molecule has 0 atom stereocenters. The van der Waals surface area contributed by atoms with E-state index in [4.69, 9.17) is 4.43 Å². The highest BCUT2D eigenvalue weighted by molar-refractivity contribution is 6.74. The summed E-state index contributed by atoms with van der Waals surface area (Å²) in [5.74, 6) is 0.536. The van der Waals surface area contributed by atoms with Gasteiger partial charge in [-0.1, -0.05) is 34.6 Å². The third-order valence-electron chi connectivity index (χ3n) is 4.13. The Balaban J connectivity index is 2.66. The molecule has 0 unspecified atom stereocenters. The molecule has 0 aliphatic carbocycles. The van der Waals surface area contributed by atoms with Crippen molar-refractivity contribution in [3.8, 4) is 0 Å². The molecule has 118 valence electrons. The molecule has 0 spiro atoms. The van der Waals surface area contributed by atoms with Gasteiger partial charge in [0.05, 0.1) is 12.3 Å². The van der Waals surface area contributed by atoms with Crippen molar-refractivity contribution in [2.75, 3.05) is 0 Å². The lowest BCUT2D eigenvalue weighted by atomic mass is 10.0. The zero-order valence-corrected chi connectivity index (χ0v) is 15.5. The first-order chi connectivity index (χ1) is 9.53. The Hall–Kier alpha value is -1.00. The number of hydrogen-bond donors (Lipinski definition) is 0. The van der Waals surface area contributed by atoms with Crippen molar-refractivity contribution in [2.45, 2.75) is 65.8 Å². The molecule has 0 aromatic carbocycles. The first-order valence-electron chi connectivity index (χ1n) is 7.65. The normalized spacial score (nSPS) is 12.8. The number of hydrogen-bond acceptors (Lipinski definition) is 3. The Morgan fingerprint density at radius 3 is 2.33 bits per heavy atom. The molecular weight excluding hydrogens is 278 g/mol. The largest absolute Gasteiger partial charge is 0.411 e. The highest BCUT2D eigenvalue weighted by Gasteiger charge is 2.37. The predicted molar refractivity (Wildman–Crippen MR) is 90.0 cm³/mol. The number of nitrogens with zero attached hydrogens (tertiary/aromatic N) is 1. The minimum Gasteiger partial charge on any atom is -0.411 e. The van der Waals surface area contributed by atoms with Crippen LogP contribution >= 0.6 is 0 Å². The molecule has 21 heavy (non-hydrogen) atoms. The van der Waals surface area contributed by atoms with Crippen LogP contribution < -0.4 is 0 Å². The summed E-state index contributed by atoms with van der Waals surface area (Å²) in [7, 11) is -1.75. The maximum Gasteiger partial charge on any atom is 0.192 e. The highest BCUT2D eigenvalue weighted by atomic mass is 28.4. The lowest BCUT2D eigenvalue weighted by Gasteiger charge is -2.36. The third kappa shape index (κ3) is 5.36. The maximum atomic E-state index is 12.0. The van der Waals surface area contributed by atoms with E-state index >= 15 is 0 Å². The quantitative estimate of drug-likeness (QED) is 0.558. The Labute approximate surface area is 130 Å². The lowest BCUT2D eigenvalue weighted by Crippen LogP contribution is -2.40. The van der Waals surface area contributed by atoms with Gasteiger partial charge in [-0.2, -0.15) is 0 Å². The molecule has 1 aromatic heterocycles. The molecule has 0 radical (unpaired) electrons. The van der Waals surface area contributed by atoms with Crippen molar-refractivity contribution in [2.24, 2.45) is 5.92 Å². The van der Waals surface area contributed by atoms with Crippen molar-refractivity contribution < 1.29 is 9.22 Å².